The van der Waals surface area contributed by atoms with Gasteiger partial charge in [0, 0.05) is 18.6 Å². The van der Waals surface area contributed by atoms with Gasteiger partial charge < -0.3 is 10.2 Å². The van der Waals surface area contributed by atoms with Gasteiger partial charge in [-0.15, -0.1) is 0 Å². The molecule has 0 bridgehead atoms. The van der Waals surface area contributed by atoms with Gasteiger partial charge in [-0.25, -0.2) is 0 Å². The molecule has 2 heteroatoms. The van der Waals surface area contributed by atoms with Crippen LogP contribution in [0.4, 0.5) is 11.4 Å². The highest BCUT2D eigenvalue weighted by atomic mass is 15.2. The summed E-state index contributed by atoms with van der Waals surface area (Å²) in [6, 6.07) is 17.7. The van der Waals surface area contributed by atoms with E-state index in [1.807, 2.05) is 0 Å². The van der Waals surface area contributed by atoms with E-state index in [2.05, 4.69) is 93.4 Å². The molecule has 3 rings (SSSR count). The smallest absolute Gasteiger partial charge is 0.0606 e. The lowest BCUT2D eigenvalue weighted by molar-refractivity contribution is 0.530. The molecule has 0 fully saturated rings. The molecule has 1 aliphatic rings. The Morgan fingerprint density at radius 3 is 2.30 bits per heavy atom. The van der Waals surface area contributed by atoms with Gasteiger partial charge in [-0.05, 0) is 42.5 Å². The molecule has 23 heavy (non-hydrogen) atoms. The highest BCUT2D eigenvalue weighted by Gasteiger charge is 2.29. The van der Waals surface area contributed by atoms with Crippen molar-refractivity contribution < 1.29 is 0 Å². The van der Waals surface area contributed by atoms with E-state index in [1.54, 1.807) is 0 Å². The average Bonchev–Trinajstić information content (AvgIpc) is 2.45. The second kappa shape index (κ2) is 5.59. The second-order valence-corrected chi connectivity index (χ2v) is 8.33. The maximum atomic E-state index is 3.64. The van der Waals surface area contributed by atoms with Gasteiger partial charge in [-0.2, -0.15) is 0 Å². The van der Waals surface area contributed by atoms with E-state index >= 15 is 0 Å². The van der Waals surface area contributed by atoms with E-state index in [1.165, 1.54) is 22.5 Å². The first-order valence-corrected chi connectivity index (χ1v) is 8.46. The summed E-state index contributed by atoms with van der Waals surface area (Å²) in [6.07, 6.45) is 0. The van der Waals surface area contributed by atoms with Crippen LogP contribution in [0.15, 0.2) is 48.5 Å². The fourth-order valence-corrected chi connectivity index (χ4v) is 3.29. The van der Waals surface area contributed by atoms with Crippen LogP contribution in [0, 0.1) is 0 Å². The summed E-state index contributed by atoms with van der Waals surface area (Å²) in [4.78, 5) is 2.48. The fraction of sp³-hybridized carbons (Fsp3) is 0.429. The fourth-order valence-electron chi connectivity index (χ4n) is 3.29. The van der Waals surface area contributed by atoms with Crippen molar-refractivity contribution in [2.75, 3.05) is 16.8 Å². The normalized spacial score (nSPS) is 16.7. The number of nitrogens with one attached hydrogen (secondary N) is 1. The molecular weight excluding hydrogens is 280 g/mol. The van der Waals surface area contributed by atoms with Crippen LogP contribution in [0.2, 0.25) is 0 Å². The van der Waals surface area contributed by atoms with Crippen LogP contribution in [0.25, 0.3) is 0 Å². The number of hydrogen-bond donors (Lipinski definition) is 1. The monoisotopic (exact) mass is 308 g/mol. The van der Waals surface area contributed by atoms with Crippen LogP contribution in [0.3, 0.4) is 0 Å². The number of para-hydroxylation sites is 2. The summed E-state index contributed by atoms with van der Waals surface area (Å²) >= 11 is 0. The molecule has 2 aromatic carbocycles. The maximum Gasteiger partial charge on any atom is 0.0606 e. The van der Waals surface area contributed by atoms with Gasteiger partial charge in [0.25, 0.3) is 0 Å². The Kier molecular flexibility index (Phi) is 3.87. The molecule has 0 amide bonds. The summed E-state index contributed by atoms with van der Waals surface area (Å²) < 4.78 is 0. The third-order valence-corrected chi connectivity index (χ3v) is 4.50. The van der Waals surface area contributed by atoms with Crippen LogP contribution >= 0.6 is 0 Å². The lowest BCUT2D eigenvalue weighted by Gasteiger charge is -2.42. The van der Waals surface area contributed by atoms with Gasteiger partial charge in [0.1, 0.15) is 0 Å². The van der Waals surface area contributed by atoms with Crippen molar-refractivity contribution in [2.24, 2.45) is 0 Å². The van der Waals surface area contributed by atoms with Gasteiger partial charge in [-0.1, -0.05) is 57.2 Å². The minimum Gasteiger partial charge on any atom is -0.377 e. The molecule has 0 unspecified atom stereocenters. The Hall–Kier alpha value is -1.96. The van der Waals surface area contributed by atoms with E-state index in [0.29, 0.717) is 0 Å². The number of rotatable bonds is 2. The SMILES string of the molecule is CC1(C)CN(Cc2ccc(C(C)(C)C)cc2)c2ccccc2N1. The number of benzene rings is 2. The molecule has 2 nitrogen and oxygen atoms in total. The number of anilines is 2. The predicted octanol–water partition coefficient (Wildman–Crippen LogP) is 5.19. The van der Waals surface area contributed by atoms with Crippen LogP contribution in [-0.4, -0.2) is 12.1 Å². The largest absolute Gasteiger partial charge is 0.377 e. The lowest BCUT2D eigenvalue weighted by Crippen LogP contribution is -2.48. The van der Waals surface area contributed by atoms with Crippen LogP contribution in [0.5, 0.6) is 0 Å². The molecule has 122 valence electrons. The molecule has 0 spiro atoms. The van der Waals surface area contributed by atoms with Crippen LogP contribution < -0.4 is 10.2 Å². The summed E-state index contributed by atoms with van der Waals surface area (Å²) in [5, 5.41) is 3.64. The zero-order valence-corrected chi connectivity index (χ0v) is 15.0. The van der Waals surface area contributed by atoms with E-state index in [0.717, 1.165) is 13.1 Å². The van der Waals surface area contributed by atoms with Gasteiger partial charge in [0.2, 0.25) is 0 Å². The molecule has 1 heterocycles. The zero-order valence-electron chi connectivity index (χ0n) is 15.0. The molecular formula is C21H28N2. The highest BCUT2D eigenvalue weighted by Crippen LogP contribution is 2.35. The van der Waals surface area contributed by atoms with Gasteiger partial charge in [-0.3, -0.25) is 0 Å². The van der Waals surface area contributed by atoms with E-state index in [-0.39, 0.29) is 11.0 Å². The molecule has 1 N–H and O–H groups in total. The first kappa shape index (κ1) is 15.9. The molecule has 1 aliphatic heterocycles. The average molecular weight is 308 g/mol. The Morgan fingerprint density at radius 2 is 1.65 bits per heavy atom. The third-order valence-electron chi connectivity index (χ3n) is 4.50. The number of hydrogen-bond acceptors (Lipinski definition) is 2. The van der Waals surface area contributed by atoms with Crippen molar-refractivity contribution in [3.8, 4) is 0 Å². The topological polar surface area (TPSA) is 15.3 Å². The Labute approximate surface area is 140 Å². The van der Waals surface area contributed by atoms with Crippen molar-refractivity contribution in [2.45, 2.75) is 52.1 Å². The predicted molar refractivity (Wildman–Crippen MR) is 100 cm³/mol. The van der Waals surface area contributed by atoms with E-state index in [9.17, 15) is 0 Å². The summed E-state index contributed by atoms with van der Waals surface area (Å²) in [5.41, 5.74) is 5.58. The molecule has 0 aromatic heterocycles. The van der Waals surface area contributed by atoms with E-state index in [4.69, 9.17) is 0 Å². The second-order valence-electron chi connectivity index (χ2n) is 8.33. The minimum absolute atomic E-state index is 0.0830. The summed E-state index contributed by atoms with van der Waals surface area (Å²) in [5.74, 6) is 0. The van der Waals surface area contributed by atoms with Gasteiger partial charge >= 0.3 is 0 Å². The Morgan fingerprint density at radius 1 is 1.00 bits per heavy atom. The molecule has 0 radical (unpaired) electrons. The number of fused-ring (bicyclic) bond motifs is 1. The molecule has 0 saturated heterocycles. The van der Waals surface area contributed by atoms with E-state index < -0.39 is 0 Å². The number of nitrogens with zero attached hydrogens (tertiary/aromatic N) is 1. The molecule has 2 aromatic rings. The van der Waals surface area contributed by atoms with Crippen LogP contribution in [0.1, 0.15) is 45.7 Å². The zero-order chi connectivity index (χ0) is 16.7. The molecule has 0 atom stereocenters. The van der Waals surface area contributed by atoms with Gasteiger partial charge in [0.05, 0.1) is 11.4 Å². The first-order valence-electron chi connectivity index (χ1n) is 8.46. The lowest BCUT2D eigenvalue weighted by atomic mass is 9.86. The van der Waals surface area contributed by atoms with Crippen molar-refractivity contribution in [3.05, 3.63) is 59.7 Å². The van der Waals surface area contributed by atoms with Crippen molar-refractivity contribution in [1.82, 2.24) is 0 Å². The highest BCUT2D eigenvalue weighted by molar-refractivity contribution is 5.73. The standard InChI is InChI=1S/C21H28N2/c1-20(2,3)17-12-10-16(11-13-17)14-23-15-21(4,5)22-18-8-6-7-9-19(18)23/h6-13,22H,14-15H2,1-5H3. The Balaban J connectivity index is 1.85. The Bertz CT molecular complexity index is 678. The summed E-state index contributed by atoms with van der Waals surface area (Å²) in [6.45, 7) is 13.3. The first-order chi connectivity index (χ1) is 10.7. The quantitative estimate of drug-likeness (QED) is 0.821. The summed E-state index contributed by atoms with van der Waals surface area (Å²) in [7, 11) is 0. The van der Waals surface area contributed by atoms with Crippen LogP contribution in [-0.2, 0) is 12.0 Å². The van der Waals surface area contributed by atoms with Crippen molar-refractivity contribution in [3.63, 3.8) is 0 Å². The molecule has 0 saturated carbocycles. The minimum atomic E-state index is 0.0830. The maximum absolute atomic E-state index is 3.64. The van der Waals surface area contributed by atoms with Gasteiger partial charge in [0.15, 0.2) is 0 Å². The molecule has 0 aliphatic carbocycles. The van der Waals surface area contributed by atoms with Crippen molar-refractivity contribution >= 4 is 11.4 Å². The third kappa shape index (κ3) is 3.52. The van der Waals surface area contributed by atoms with Crippen molar-refractivity contribution in [1.29, 1.82) is 0 Å².